The second-order valence-electron chi connectivity index (χ2n) is 4.72. The first-order chi connectivity index (χ1) is 9.73. The van der Waals surface area contributed by atoms with Crippen LogP contribution < -0.4 is 0 Å². The minimum Gasteiger partial charge on any atom is -0.374 e. The zero-order valence-electron chi connectivity index (χ0n) is 12.6. The largest absolute Gasteiger partial charge is 0.505 e. The van der Waals surface area contributed by atoms with E-state index in [1.54, 1.807) is 0 Å². The van der Waals surface area contributed by atoms with Crippen LogP contribution in [0.15, 0.2) is 24.3 Å². The second-order valence-corrected chi connectivity index (χ2v) is 7.31. The molecule has 0 radical (unpaired) electrons. The summed E-state index contributed by atoms with van der Waals surface area (Å²) in [4.78, 5) is 0. The Labute approximate surface area is 122 Å². The Morgan fingerprint density at radius 3 is 1.90 bits per heavy atom. The van der Waals surface area contributed by atoms with Gasteiger partial charge in [0.05, 0.1) is 6.61 Å². The van der Waals surface area contributed by atoms with Gasteiger partial charge in [-0.3, -0.25) is 0 Å². The highest BCUT2D eigenvalue weighted by Crippen LogP contribution is 2.30. The number of hydrogen-bond acceptors (Lipinski definition) is 4. The van der Waals surface area contributed by atoms with Crippen molar-refractivity contribution in [3.05, 3.63) is 35.4 Å². The van der Waals surface area contributed by atoms with Crippen LogP contribution in [0.2, 0.25) is 0 Å². The zero-order valence-corrected chi connectivity index (χ0v) is 13.6. The molecule has 0 amide bonds. The van der Waals surface area contributed by atoms with Gasteiger partial charge >= 0.3 is 8.80 Å². The van der Waals surface area contributed by atoms with Gasteiger partial charge in [-0.05, 0) is 31.9 Å². The van der Waals surface area contributed by atoms with Gasteiger partial charge in [0, 0.05) is 25.9 Å². The highest BCUT2D eigenvalue weighted by atomic mass is 28.4. The van der Waals surface area contributed by atoms with Crippen LogP contribution in [-0.4, -0.2) is 35.2 Å². The van der Waals surface area contributed by atoms with Crippen molar-refractivity contribution in [2.24, 2.45) is 0 Å². The Bertz CT molecular complexity index is 386. The lowest BCUT2D eigenvalue weighted by Gasteiger charge is -2.28. The first kappa shape index (κ1) is 15.7. The van der Waals surface area contributed by atoms with E-state index in [1.165, 1.54) is 11.1 Å². The fourth-order valence-corrected chi connectivity index (χ4v) is 4.89. The van der Waals surface area contributed by atoms with Crippen LogP contribution in [0.25, 0.3) is 0 Å². The number of rotatable bonds is 9. The van der Waals surface area contributed by atoms with Gasteiger partial charge in [-0.25, -0.2) is 0 Å². The molecule has 4 nitrogen and oxygen atoms in total. The van der Waals surface area contributed by atoms with E-state index >= 15 is 0 Å². The van der Waals surface area contributed by atoms with Crippen LogP contribution in [0.5, 0.6) is 0 Å². The minimum absolute atomic E-state index is 0.303. The molecule has 1 aromatic rings. The maximum atomic E-state index is 5.87. The molecule has 1 aliphatic rings. The number of hydrogen-bond donors (Lipinski definition) is 0. The SMILES string of the molecule is CCO[Si](Cc1ccc(C2CO2)cc1)(OCC)OCC. The predicted octanol–water partition coefficient (Wildman–Crippen LogP) is 2.89. The lowest BCUT2D eigenvalue weighted by Crippen LogP contribution is -2.48. The number of ether oxygens (including phenoxy) is 1. The molecule has 1 saturated heterocycles. The van der Waals surface area contributed by atoms with E-state index in [9.17, 15) is 0 Å². The molecule has 112 valence electrons. The summed E-state index contributed by atoms with van der Waals surface area (Å²) < 4.78 is 22.9. The second kappa shape index (κ2) is 7.33. The average molecular weight is 296 g/mol. The van der Waals surface area contributed by atoms with Crippen molar-refractivity contribution in [3.8, 4) is 0 Å². The van der Waals surface area contributed by atoms with E-state index in [-0.39, 0.29) is 0 Å². The molecule has 1 atom stereocenters. The van der Waals surface area contributed by atoms with Crippen molar-refractivity contribution in [1.82, 2.24) is 0 Å². The third-order valence-electron chi connectivity index (χ3n) is 3.20. The molecule has 1 heterocycles. The Morgan fingerprint density at radius 1 is 1.00 bits per heavy atom. The van der Waals surface area contributed by atoms with Crippen LogP contribution in [0.3, 0.4) is 0 Å². The minimum atomic E-state index is -2.60. The Hall–Kier alpha value is -0.723. The lowest BCUT2D eigenvalue weighted by molar-refractivity contribution is 0.0704. The maximum Gasteiger partial charge on any atom is 0.505 e. The van der Waals surface area contributed by atoms with Crippen LogP contribution >= 0.6 is 0 Å². The van der Waals surface area contributed by atoms with E-state index in [4.69, 9.17) is 18.0 Å². The van der Waals surface area contributed by atoms with E-state index in [2.05, 4.69) is 24.3 Å². The fraction of sp³-hybridized carbons (Fsp3) is 0.600. The van der Waals surface area contributed by atoms with Crippen molar-refractivity contribution in [2.45, 2.75) is 32.9 Å². The fourth-order valence-electron chi connectivity index (χ4n) is 2.28. The topological polar surface area (TPSA) is 40.2 Å². The first-order valence-electron chi connectivity index (χ1n) is 7.35. The molecule has 0 bridgehead atoms. The third kappa shape index (κ3) is 4.13. The molecule has 1 unspecified atom stereocenters. The summed E-state index contributed by atoms with van der Waals surface area (Å²) in [5, 5.41) is 0. The molecule has 2 rings (SSSR count). The van der Waals surface area contributed by atoms with Gasteiger partial charge in [-0.2, -0.15) is 0 Å². The van der Waals surface area contributed by atoms with Gasteiger partial charge in [0.2, 0.25) is 0 Å². The van der Waals surface area contributed by atoms with Crippen LogP contribution in [0.1, 0.15) is 38.0 Å². The summed E-state index contributed by atoms with van der Waals surface area (Å²) in [5.41, 5.74) is 2.43. The number of benzene rings is 1. The van der Waals surface area contributed by atoms with Crippen LogP contribution in [0, 0.1) is 0 Å². The highest BCUT2D eigenvalue weighted by molar-refractivity contribution is 6.60. The molecule has 20 heavy (non-hydrogen) atoms. The maximum absolute atomic E-state index is 5.87. The monoisotopic (exact) mass is 296 g/mol. The molecule has 0 saturated carbocycles. The lowest BCUT2D eigenvalue weighted by atomic mass is 10.1. The molecule has 0 spiro atoms. The van der Waals surface area contributed by atoms with Gasteiger partial charge in [0.25, 0.3) is 0 Å². The molecule has 1 aromatic carbocycles. The van der Waals surface area contributed by atoms with E-state index < -0.39 is 8.80 Å². The summed E-state index contributed by atoms with van der Waals surface area (Å²) in [5.74, 6) is 0. The molecule has 1 fully saturated rings. The van der Waals surface area contributed by atoms with Crippen molar-refractivity contribution in [2.75, 3.05) is 26.4 Å². The van der Waals surface area contributed by atoms with Crippen molar-refractivity contribution < 1.29 is 18.0 Å². The standard InChI is InChI=1S/C15H24O4Si/c1-4-17-20(18-5-2,19-6-3)12-13-7-9-14(10-8-13)15-11-16-15/h7-10,15H,4-6,11-12H2,1-3H3. The Balaban J connectivity index is 2.07. The highest BCUT2D eigenvalue weighted by Gasteiger charge is 2.40. The molecule has 0 aliphatic carbocycles. The van der Waals surface area contributed by atoms with Crippen molar-refractivity contribution in [3.63, 3.8) is 0 Å². The molecule has 5 heteroatoms. The first-order valence-corrected chi connectivity index (χ1v) is 9.28. The van der Waals surface area contributed by atoms with Gasteiger partial charge in [0.15, 0.2) is 0 Å². The van der Waals surface area contributed by atoms with Crippen LogP contribution in [0.4, 0.5) is 0 Å². The molecular formula is C15H24O4Si. The van der Waals surface area contributed by atoms with Gasteiger partial charge in [-0.1, -0.05) is 24.3 Å². The van der Waals surface area contributed by atoms with E-state index in [0.717, 1.165) is 6.61 Å². The van der Waals surface area contributed by atoms with Gasteiger partial charge in [0.1, 0.15) is 6.10 Å². The zero-order chi connectivity index (χ0) is 14.4. The summed E-state index contributed by atoms with van der Waals surface area (Å²) in [6.45, 7) is 8.61. The number of epoxide rings is 1. The van der Waals surface area contributed by atoms with E-state index in [1.807, 2.05) is 20.8 Å². The van der Waals surface area contributed by atoms with Crippen LogP contribution in [-0.2, 0) is 24.1 Å². The Morgan fingerprint density at radius 2 is 1.50 bits per heavy atom. The smallest absolute Gasteiger partial charge is 0.374 e. The summed E-state index contributed by atoms with van der Waals surface area (Å²) in [6, 6.07) is 9.20. The third-order valence-corrected chi connectivity index (χ3v) is 6.22. The van der Waals surface area contributed by atoms with Gasteiger partial charge in [-0.15, -0.1) is 0 Å². The Kier molecular flexibility index (Phi) is 5.74. The molecule has 0 N–H and O–H groups in total. The average Bonchev–Trinajstić information content (AvgIpc) is 3.25. The predicted molar refractivity (Wildman–Crippen MR) is 79.5 cm³/mol. The summed E-state index contributed by atoms with van der Waals surface area (Å²) >= 11 is 0. The summed E-state index contributed by atoms with van der Waals surface area (Å²) in [6.07, 6.45) is 0.303. The van der Waals surface area contributed by atoms with E-state index in [0.29, 0.717) is 32.0 Å². The van der Waals surface area contributed by atoms with Gasteiger partial charge < -0.3 is 18.0 Å². The molecular weight excluding hydrogens is 272 g/mol. The normalized spacial score (nSPS) is 18.2. The molecule has 1 aliphatic heterocycles. The van der Waals surface area contributed by atoms with Crippen molar-refractivity contribution in [1.29, 1.82) is 0 Å². The quantitative estimate of drug-likeness (QED) is 0.519. The summed E-state index contributed by atoms with van der Waals surface area (Å²) in [7, 11) is -2.60. The van der Waals surface area contributed by atoms with Crippen molar-refractivity contribution >= 4 is 8.80 Å². The molecule has 0 aromatic heterocycles.